The van der Waals surface area contributed by atoms with Crippen molar-refractivity contribution >= 4 is 23.5 Å². The van der Waals surface area contributed by atoms with E-state index in [1.54, 1.807) is 18.3 Å². The molecule has 1 aliphatic heterocycles. The largest absolute Gasteiger partial charge is 0.494 e. The first kappa shape index (κ1) is 17.9. The van der Waals surface area contributed by atoms with Gasteiger partial charge in [-0.1, -0.05) is 6.07 Å². The first-order chi connectivity index (χ1) is 12.7. The highest BCUT2D eigenvalue weighted by atomic mass is 19.1. The molecule has 6 heteroatoms. The molecule has 0 atom stereocenters. The van der Waals surface area contributed by atoms with Crippen LogP contribution in [-0.2, 0) is 4.79 Å². The molecule has 3 rings (SSSR count). The third kappa shape index (κ3) is 4.59. The number of nitrogens with one attached hydrogen (secondary N) is 1. The van der Waals surface area contributed by atoms with Gasteiger partial charge in [-0.15, -0.1) is 0 Å². The van der Waals surface area contributed by atoms with Crippen molar-refractivity contribution in [2.45, 2.75) is 19.3 Å². The molecule has 1 aromatic carbocycles. The van der Waals surface area contributed by atoms with Crippen LogP contribution >= 0.6 is 0 Å². The van der Waals surface area contributed by atoms with Gasteiger partial charge in [0.25, 0.3) is 0 Å². The van der Waals surface area contributed by atoms with E-state index in [-0.39, 0.29) is 11.7 Å². The summed E-state index contributed by atoms with van der Waals surface area (Å²) in [5.74, 6) is 0.347. The predicted octanol–water partition coefficient (Wildman–Crippen LogP) is 3.87. The van der Waals surface area contributed by atoms with Gasteiger partial charge in [-0.2, -0.15) is 0 Å². The third-order valence-electron chi connectivity index (χ3n) is 4.30. The lowest BCUT2D eigenvalue weighted by Gasteiger charge is -2.27. The molecule has 5 nitrogen and oxygen atoms in total. The van der Waals surface area contributed by atoms with E-state index in [1.165, 1.54) is 44.6 Å². The first-order valence-corrected chi connectivity index (χ1v) is 8.69. The van der Waals surface area contributed by atoms with Crippen molar-refractivity contribution < 1.29 is 13.9 Å². The number of aromatic nitrogens is 1. The van der Waals surface area contributed by atoms with Crippen molar-refractivity contribution in [3.8, 4) is 5.75 Å². The highest BCUT2D eigenvalue weighted by Gasteiger charge is 2.11. The molecule has 136 valence electrons. The van der Waals surface area contributed by atoms with Gasteiger partial charge in [0.05, 0.1) is 19.0 Å². The van der Waals surface area contributed by atoms with Crippen molar-refractivity contribution in [3.63, 3.8) is 0 Å². The molecule has 2 heterocycles. The van der Waals surface area contributed by atoms with Gasteiger partial charge >= 0.3 is 0 Å². The Balaban J connectivity index is 1.58. The number of piperidine rings is 1. The molecule has 0 radical (unpaired) electrons. The average Bonchev–Trinajstić information content (AvgIpc) is 2.68. The molecule has 1 N–H and O–H groups in total. The van der Waals surface area contributed by atoms with Crippen LogP contribution in [0.1, 0.15) is 24.8 Å². The van der Waals surface area contributed by atoms with Crippen LogP contribution in [0.2, 0.25) is 0 Å². The summed E-state index contributed by atoms with van der Waals surface area (Å²) >= 11 is 0. The zero-order valence-electron chi connectivity index (χ0n) is 14.7. The van der Waals surface area contributed by atoms with Crippen molar-refractivity contribution in [3.05, 3.63) is 54.0 Å². The Morgan fingerprint density at radius 2 is 2.04 bits per heavy atom. The maximum atomic E-state index is 13.6. The second kappa shape index (κ2) is 8.47. The van der Waals surface area contributed by atoms with E-state index in [0.29, 0.717) is 11.3 Å². The van der Waals surface area contributed by atoms with Gasteiger partial charge in [0.2, 0.25) is 5.91 Å². The minimum Gasteiger partial charge on any atom is -0.494 e. The van der Waals surface area contributed by atoms with Crippen LogP contribution in [-0.4, -0.2) is 31.1 Å². The van der Waals surface area contributed by atoms with E-state index in [2.05, 4.69) is 15.2 Å². The van der Waals surface area contributed by atoms with Crippen LogP contribution in [0.5, 0.6) is 5.75 Å². The van der Waals surface area contributed by atoms with E-state index >= 15 is 0 Å². The second-order valence-corrected chi connectivity index (χ2v) is 6.17. The fraction of sp³-hybridized carbons (Fsp3) is 0.300. The van der Waals surface area contributed by atoms with Crippen LogP contribution in [0.15, 0.2) is 42.6 Å². The van der Waals surface area contributed by atoms with E-state index in [4.69, 9.17) is 4.74 Å². The SMILES string of the molecule is COc1ccc(/C=C\C(=O)Nc2ccc(N3CCCCC3)nc2)cc1F. The number of benzene rings is 1. The topological polar surface area (TPSA) is 54.5 Å². The van der Waals surface area contributed by atoms with Gasteiger partial charge in [-0.05, 0) is 55.2 Å². The fourth-order valence-corrected chi connectivity index (χ4v) is 2.91. The van der Waals surface area contributed by atoms with E-state index < -0.39 is 5.82 Å². The first-order valence-electron chi connectivity index (χ1n) is 8.69. The summed E-state index contributed by atoms with van der Waals surface area (Å²) in [5, 5.41) is 2.75. The summed E-state index contributed by atoms with van der Waals surface area (Å²) in [4.78, 5) is 18.7. The lowest BCUT2D eigenvalue weighted by atomic mass is 10.1. The van der Waals surface area contributed by atoms with Crippen LogP contribution < -0.4 is 15.0 Å². The van der Waals surface area contributed by atoms with Gasteiger partial charge in [0, 0.05) is 19.2 Å². The highest BCUT2D eigenvalue weighted by Crippen LogP contribution is 2.20. The Hall–Kier alpha value is -2.89. The Kier molecular flexibility index (Phi) is 5.84. The molecule has 0 spiro atoms. The number of halogens is 1. The molecule has 0 aliphatic carbocycles. The number of anilines is 2. The molecule has 1 aromatic heterocycles. The summed E-state index contributed by atoms with van der Waals surface area (Å²) in [5.41, 5.74) is 1.21. The van der Waals surface area contributed by atoms with Gasteiger partial charge in [0.1, 0.15) is 5.82 Å². The van der Waals surface area contributed by atoms with E-state index in [1.807, 2.05) is 12.1 Å². The Labute approximate surface area is 152 Å². The molecule has 26 heavy (non-hydrogen) atoms. The van der Waals surface area contributed by atoms with Crippen LogP contribution in [0.3, 0.4) is 0 Å². The van der Waals surface area contributed by atoms with Crippen LogP contribution in [0.25, 0.3) is 6.08 Å². The van der Waals surface area contributed by atoms with E-state index in [9.17, 15) is 9.18 Å². The molecular weight excluding hydrogens is 333 g/mol. The molecule has 1 saturated heterocycles. The number of ether oxygens (including phenoxy) is 1. The maximum absolute atomic E-state index is 13.6. The number of carbonyl (C=O) groups is 1. The predicted molar refractivity (Wildman–Crippen MR) is 101 cm³/mol. The smallest absolute Gasteiger partial charge is 0.248 e. The van der Waals surface area contributed by atoms with Crippen LogP contribution in [0.4, 0.5) is 15.9 Å². The number of hydrogen-bond donors (Lipinski definition) is 1. The zero-order chi connectivity index (χ0) is 18.4. The molecule has 1 fully saturated rings. The van der Waals surface area contributed by atoms with Crippen LogP contribution in [0, 0.1) is 5.82 Å². The van der Waals surface area contributed by atoms with E-state index in [0.717, 1.165) is 18.9 Å². The lowest BCUT2D eigenvalue weighted by molar-refractivity contribution is -0.111. The molecule has 0 saturated carbocycles. The van der Waals surface area contributed by atoms with Gasteiger partial charge in [0.15, 0.2) is 11.6 Å². The Morgan fingerprint density at radius 1 is 1.23 bits per heavy atom. The fourth-order valence-electron chi connectivity index (χ4n) is 2.91. The molecule has 0 bridgehead atoms. The number of methoxy groups -OCH3 is 1. The standard InChI is InChI=1S/C20H22FN3O2/c1-26-18-8-5-15(13-17(18)21)6-10-20(25)23-16-7-9-19(22-14-16)24-11-3-2-4-12-24/h5-10,13-14H,2-4,11-12H2,1H3,(H,23,25)/b10-6-. The van der Waals surface area contributed by atoms with Crippen molar-refractivity contribution in [1.29, 1.82) is 0 Å². The van der Waals surface area contributed by atoms with Crippen molar-refractivity contribution in [1.82, 2.24) is 4.98 Å². The van der Waals surface area contributed by atoms with Gasteiger partial charge in [-0.3, -0.25) is 4.79 Å². The monoisotopic (exact) mass is 355 g/mol. The Morgan fingerprint density at radius 3 is 2.69 bits per heavy atom. The average molecular weight is 355 g/mol. The quantitative estimate of drug-likeness (QED) is 0.827. The minimum atomic E-state index is -0.465. The summed E-state index contributed by atoms with van der Waals surface area (Å²) < 4.78 is 18.5. The summed E-state index contributed by atoms with van der Waals surface area (Å²) in [7, 11) is 1.41. The number of nitrogens with zero attached hydrogens (tertiary/aromatic N) is 2. The number of carbonyl (C=O) groups excluding carboxylic acids is 1. The molecule has 1 aliphatic rings. The highest BCUT2D eigenvalue weighted by molar-refractivity contribution is 6.01. The Bertz CT molecular complexity index is 784. The number of hydrogen-bond acceptors (Lipinski definition) is 4. The number of rotatable bonds is 5. The zero-order valence-corrected chi connectivity index (χ0v) is 14.7. The number of amides is 1. The molecular formula is C20H22FN3O2. The third-order valence-corrected chi connectivity index (χ3v) is 4.30. The molecule has 0 unspecified atom stereocenters. The summed E-state index contributed by atoms with van der Waals surface area (Å²) in [6, 6.07) is 8.29. The van der Waals surface area contributed by atoms with Gasteiger partial charge < -0.3 is 15.0 Å². The van der Waals surface area contributed by atoms with Gasteiger partial charge in [-0.25, -0.2) is 9.37 Å². The summed E-state index contributed by atoms with van der Waals surface area (Å²) in [6.07, 6.45) is 8.22. The normalized spacial score (nSPS) is 14.5. The van der Waals surface area contributed by atoms with Crippen molar-refractivity contribution in [2.24, 2.45) is 0 Å². The van der Waals surface area contributed by atoms with Crippen molar-refractivity contribution in [2.75, 3.05) is 30.4 Å². The number of pyridine rings is 1. The maximum Gasteiger partial charge on any atom is 0.248 e. The second-order valence-electron chi connectivity index (χ2n) is 6.17. The molecule has 2 aromatic rings. The lowest BCUT2D eigenvalue weighted by Crippen LogP contribution is -2.30. The minimum absolute atomic E-state index is 0.173. The summed E-state index contributed by atoms with van der Waals surface area (Å²) in [6.45, 7) is 2.06. The molecule has 1 amide bonds.